The van der Waals surface area contributed by atoms with Crippen LogP contribution in [0, 0.1) is 6.92 Å². The minimum absolute atomic E-state index is 0.300. The van der Waals surface area contributed by atoms with Gasteiger partial charge in [-0.1, -0.05) is 80.9 Å². The van der Waals surface area contributed by atoms with E-state index >= 15 is 0 Å². The SMILES string of the molecule is CCCc1cc2c(C)cc(CC)nc2n1Cc1ccc(-c2ccccc2N(C(=O)c2ccccc2)S(=O)[O-])cc1. The lowest BCUT2D eigenvalue weighted by atomic mass is 10.0. The van der Waals surface area contributed by atoms with Gasteiger partial charge in [-0.05, 0) is 66.8 Å². The van der Waals surface area contributed by atoms with Gasteiger partial charge in [0.25, 0.3) is 5.91 Å². The summed E-state index contributed by atoms with van der Waals surface area (Å²) in [5.74, 6) is -0.602. The van der Waals surface area contributed by atoms with Crippen LogP contribution in [0.3, 0.4) is 0 Å². The summed E-state index contributed by atoms with van der Waals surface area (Å²) < 4.78 is 27.7. The largest absolute Gasteiger partial charge is 0.755 e. The minimum atomic E-state index is -2.79. The number of aromatic nitrogens is 2. The topological polar surface area (TPSA) is 78.3 Å². The molecule has 2 heterocycles. The predicted molar refractivity (Wildman–Crippen MR) is 161 cm³/mol. The van der Waals surface area contributed by atoms with E-state index in [1.165, 1.54) is 16.6 Å². The zero-order chi connectivity index (χ0) is 28.2. The van der Waals surface area contributed by atoms with E-state index in [9.17, 15) is 13.6 Å². The van der Waals surface area contributed by atoms with Gasteiger partial charge in [0, 0.05) is 34.4 Å². The fraction of sp³-hybridized carbons (Fsp3) is 0.212. The second-order valence-electron chi connectivity index (χ2n) is 9.89. The van der Waals surface area contributed by atoms with Crippen molar-refractivity contribution < 1.29 is 13.6 Å². The number of anilines is 1. The summed E-state index contributed by atoms with van der Waals surface area (Å²) >= 11 is -2.79. The Balaban J connectivity index is 1.50. The second-order valence-corrected chi connectivity index (χ2v) is 10.7. The summed E-state index contributed by atoms with van der Waals surface area (Å²) in [7, 11) is 0. The fourth-order valence-corrected chi connectivity index (χ4v) is 5.70. The zero-order valence-corrected chi connectivity index (χ0v) is 23.8. The molecule has 6 nitrogen and oxygen atoms in total. The first-order valence-electron chi connectivity index (χ1n) is 13.6. The van der Waals surface area contributed by atoms with E-state index in [-0.39, 0.29) is 0 Å². The minimum Gasteiger partial charge on any atom is -0.755 e. The lowest BCUT2D eigenvalue weighted by molar-refractivity contribution is 0.100. The molecule has 204 valence electrons. The molecule has 0 aliphatic heterocycles. The van der Waals surface area contributed by atoms with Gasteiger partial charge >= 0.3 is 0 Å². The molecule has 0 bridgehead atoms. The summed E-state index contributed by atoms with van der Waals surface area (Å²) in [5.41, 5.74) is 7.82. The number of pyridine rings is 1. The van der Waals surface area contributed by atoms with Gasteiger partial charge in [0.1, 0.15) is 5.65 Å². The molecular formula is C33H32N3O3S-. The Morgan fingerprint density at radius 3 is 2.33 bits per heavy atom. The van der Waals surface area contributed by atoms with Crippen LogP contribution in [0.25, 0.3) is 22.2 Å². The molecular weight excluding hydrogens is 518 g/mol. The molecule has 0 radical (unpaired) electrons. The van der Waals surface area contributed by atoms with Crippen molar-refractivity contribution >= 4 is 33.9 Å². The van der Waals surface area contributed by atoms with Crippen LogP contribution in [-0.4, -0.2) is 24.2 Å². The number of fused-ring (bicyclic) bond motifs is 1. The van der Waals surface area contributed by atoms with Crippen molar-refractivity contribution in [2.75, 3.05) is 4.31 Å². The van der Waals surface area contributed by atoms with Crippen molar-refractivity contribution in [3.05, 3.63) is 119 Å². The Labute approximate surface area is 237 Å². The standard InChI is InChI=1S/C33H33N3O3S/c1-4-11-28-21-30-23(3)20-27(5-2)34-32(30)35(28)22-24-16-18-25(19-17-24)29-14-9-10-15-31(29)36(40(38)39)33(37)26-12-7-6-8-13-26/h6-10,12-21H,4-5,11,22H2,1-3H3,(H,38,39)/p-1. The Kier molecular flexibility index (Phi) is 8.24. The van der Waals surface area contributed by atoms with E-state index in [0.29, 0.717) is 23.4 Å². The average Bonchev–Trinajstić information content (AvgIpc) is 3.31. The Bertz CT molecular complexity index is 1680. The summed E-state index contributed by atoms with van der Waals surface area (Å²) in [6, 6.07) is 28.0. The van der Waals surface area contributed by atoms with Crippen LogP contribution in [0.1, 0.15) is 53.1 Å². The van der Waals surface area contributed by atoms with Crippen LogP contribution in [0.5, 0.6) is 0 Å². The van der Waals surface area contributed by atoms with Gasteiger partial charge in [-0.2, -0.15) is 0 Å². The van der Waals surface area contributed by atoms with Crippen LogP contribution in [0.15, 0.2) is 91.0 Å². The van der Waals surface area contributed by atoms with Crippen molar-refractivity contribution in [2.24, 2.45) is 0 Å². The molecule has 0 N–H and O–H groups in total. The molecule has 0 aliphatic carbocycles. The molecule has 2 aromatic heterocycles. The van der Waals surface area contributed by atoms with Crippen LogP contribution in [-0.2, 0) is 30.7 Å². The van der Waals surface area contributed by atoms with E-state index in [2.05, 4.69) is 49.6 Å². The highest BCUT2D eigenvalue weighted by Crippen LogP contribution is 2.33. The molecule has 0 aliphatic rings. The van der Waals surface area contributed by atoms with Gasteiger partial charge in [-0.25, -0.2) is 9.29 Å². The number of carbonyl (C=O) groups is 1. The maximum Gasteiger partial charge on any atom is 0.269 e. The van der Waals surface area contributed by atoms with Crippen molar-refractivity contribution in [1.29, 1.82) is 0 Å². The van der Waals surface area contributed by atoms with Crippen LogP contribution in [0.4, 0.5) is 5.69 Å². The molecule has 0 saturated heterocycles. The molecule has 0 saturated carbocycles. The molecule has 40 heavy (non-hydrogen) atoms. The number of para-hydroxylation sites is 1. The van der Waals surface area contributed by atoms with Crippen LogP contribution < -0.4 is 4.31 Å². The highest BCUT2D eigenvalue weighted by molar-refractivity contribution is 7.81. The monoisotopic (exact) mass is 550 g/mol. The van der Waals surface area contributed by atoms with Gasteiger partial charge < -0.3 is 9.12 Å². The summed E-state index contributed by atoms with van der Waals surface area (Å²) in [6.45, 7) is 7.15. The normalized spacial score (nSPS) is 12.0. The maximum absolute atomic E-state index is 13.2. The number of amides is 1. The second kappa shape index (κ2) is 12.0. The molecule has 7 heteroatoms. The summed E-state index contributed by atoms with van der Waals surface area (Å²) in [6.07, 6.45) is 2.91. The van der Waals surface area contributed by atoms with Crippen molar-refractivity contribution in [2.45, 2.75) is 46.6 Å². The van der Waals surface area contributed by atoms with Crippen LogP contribution >= 0.6 is 0 Å². The highest BCUT2D eigenvalue weighted by Gasteiger charge is 2.22. The fourth-order valence-electron chi connectivity index (χ4n) is 5.14. The lowest BCUT2D eigenvalue weighted by Crippen LogP contribution is -2.33. The quantitative estimate of drug-likeness (QED) is 0.185. The van der Waals surface area contributed by atoms with Gasteiger partial charge in [-0.15, -0.1) is 0 Å². The number of hydrogen-bond acceptors (Lipinski definition) is 4. The lowest BCUT2D eigenvalue weighted by Gasteiger charge is -2.26. The first-order valence-corrected chi connectivity index (χ1v) is 14.6. The number of aryl methyl sites for hydroxylation is 3. The van der Waals surface area contributed by atoms with E-state index in [4.69, 9.17) is 4.98 Å². The predicted octanol–water partition coefficient (Wildman–Crippen LogP) is 7.02. The first-order chi connectivity index (χ1) is 19.4. The molecule has 0 spiro atoms. The first kappa shape index (κ1) is 27.5. The maximum atomic E-state index is 13.2. The molecule has 1 unspecified atom stereocenters. The van der Waals surface area contributed by atoms with Gasteiger partial charge in [0.15, 0.2) is 0 Å². The molecule has 1 amide bonds. The zero-order valence-electron chi connectivity index (χ0n) is 23.0. The number of nitrogens with zero attached hydrogens (tertiary/aromatic N) is 3. The van der Waals surface area contributed by atoms with Gasteiger partial charge in [0.05, 0.1) is 17.0 Å². The Morgan fingerprint density at radius 2 is 1.65 bits per heavy atom. The van der Waals surface area contributed by atoms with E-state index in [1.54, 1.807) is 42.5 Å². The third-order valence-electron chi connectivity index (χ3n) is 7.16. The van der Waals surface area contributed by atoms with Gasteiger partial charge in [0.2, 0.25) is 0 Å². The summed E-state index contributed by atoms with van der Waals surface area (Å²) in [5, 5.41) is 1.19. The molecule has 5 rings (SSSR count). The third kappa shape index (κ3) is 5.48. The van der Waals surface area contributed by atoms with Crippen molar-refractivity contribution in [3.63, 3.8) is 0 Å². The number of hydrogen-bond donors (Lipinski definition) is 0. The van der Waals surface area contributed by atoms with E-state index in [1.807, 2.05) is 24.3 Å². The Hall–Kier alpha value is -4.07. The van der Waals surface area contributed by atoms with Crippen molar-refractivity contribution in [1.82, 2.24) is 9.55 Å². The Morgan fingerprint density at radius 1 is 0.950 bits per heavy atom. The number of rotatable bonds is 9. The van der Waals surface area contributed by atoms with Gasteiger partial charge in [-0.3, -0.25) is 9.00 Å². The number of benzene rings is 3. The molecule has 3 aromatic carbocycles. The molecule has 1 atom stereocenters. The molecule has 5 aromatic rings. The van der Waals surface area contributed by atoms with Crippen molar-refractivity contribution in [3.8, 4) is 11.1 Å². The van der Waals surface area contributed by atoms with E-state index in [0.717, 1.165) is 46.0 Å². The van der Waals surface area contributed by atoms with Crippen LogP contribution in [0.2, 0.25) is 0 Å². The highest BCUT2D eigenvalue weighted by atomic mass is 32.2. The third-order valence-corrected chi connectivity index (χ3v) is 7.82. The number of carbonyl (C=O) groups excluding carboxylic acids is 1. The smallest absolute Gasteiger partial charge is 0.269 e. The summed E-state index contributed by atoms with van der Waals surface area (Å²) in [4.78, 5) is 18.2. The average molecular weight is 551 g/mol. The van der Waals surface area contributed by atoms with E-state index < -0.39 is 17.2 Å². The molecule has 0 fully saturated rings.